The molecule has 0 saturated heterocycles. The molecule has 0 aliphatic heterocycles. The van der Waals surface area contributed by atoms with Crippen molar-refractivity contribution in [1.82, 2.24) is 0 Å². The normalized spacial score (nSPS) is 17.0. The van der Waals surface area contributed by atoms with Crippen LogP contribution >= 0.6 is 0 Å². The molecule has 9 heavy (non-hydrogen) atoms. The molecule has 0 nitrogen and oxygen atoms in total. The lowest BCUT2D eigenvalue weighted by atomic mass is 10.5. The van der Waals surface area contributed by atoms with Crippen LogP contribution in [0.2, 0.25) is 6.04 Å². The summed E-state index contributed by atoms with van der Waals surface area (Å²) < 4.78 is 36.4. The highest BCUT2D eigenvalue weighted by Crippen LogP contribution is 2.20. The molecular weight excluding hydrogens is 145 g/mol. The van der Waals surface area contributed by atoms with E-state index in [4.69, 9.17) is 0 Å². The van der Waals surface area contributed by atoms with Crippen LogP contribution in [0.4, 0.5) is 13.2 Å². The Morgan fingerprint density at radius 1 is 1.56 bits per heavy atom. The highest BCUT2D eigenvalue weighted by atomic mass is 28.2. The molecule has 0 rings (SSSR count). The average Bonchev–Trinajstić information content (AvgIpc) is 1.65. The fraction of sp³-hybridized carbons (Fsp3) is 1.00. The second-order valence-corrected chi connectivity index (χ2v) is 4.57. The molecule has 56 valence electrons. The van der Waals surface area contributed by atoms with Crippen LogP contribution in [0.1, 0.15) is 13.8 Å². The van der Waals surface area contributed by atoms with E-state index in [1.54, 1.807) is 6.92 Å². The summed E-state index contributed by atoms with van der Waals surface area (Å²) in [7, 11) is -1.51. The van der Waals surface area contributed by atoms with Crippen molar-refractivity contribution >= 4 is 9.52 Å². The zero-order valence-electron chi connectivity index (χ0n) is 5.63. The summed E-state index contributed by atoms with van der Waals surface area (Å²) in [5.41, 5.74) is -2.98. The van der Waals surface area contributed by atoms with Crippen LogP contribution in [0, 0.1) is 0 Å². The molecule has 0 saturated carbocycles. The summed E-state index contributed by atoms with van der Waals surface area (Å²) in [5.74, 6) is 0. The number of rotatable bonds is 3. The average molecular weight is 156 g/mol. The van der Waals surface area contributed by atoms with Crippen molar-refractivity contribution in [1.29, 1.82) is 0 Å². The minimum atomic E-state index is -2.98. The van der Waals surface area contributed by atoms with Gasteiger partial charge in [0.2, 0.25) is 0 Å². The number of hydrogen-bond acceptors (Lipinski definition) is 0. The van der Waals surface area contributed by atoms with Crippen LogP contribution in [0.25, 0.3) is 0 Å². The summed E-state index contributed by atoms with van der Waals surface area (Å²) >= 11 is 0. The number of hydrogen-bond donors (Lipinski definition) is 0. The third kappa shape index (κ3) is 2.89. The fourth-order valence-corrected chi connectivity index (χ4v) is 1.60. The summed E-state index contributed by atoms with van der Waals surface area (Å²) in [6, 6.07) is 0.460. The van der Waals surface area contributed by atoms with E-state index in [1.165, 1.54) is 0 Å². The molecule has 0 heterocycles. The molecule has 0 bridgehead atoms. The minimum Gasteiger partial charge on any atom is -0.242 e. The lowest BCUT2D eigenvalue weighted by Gasteiger charge is -2.15. The summed E-state index contributed by atoms with van der Waals surface area (Å²) in [5, 5.41) is 0. The Kier molecular flexibility index (Phi) is 3.25. The van der Waals surface area contributed by atoms with Crippen molar-refractivity contribution in [3.8, 4) is 0 Å². The predicted octanol–water partition coefficient (Wildman–Crippen LogP) is 1.54. The topological polar surface area (TPSA) is 0 Å². The molecular formula is C5H11F3Si. The fourth-order valence-electron chi connectivity index (χ4n) is 0.532. The monoisotopic (exact) mass is 156 g/mol. The largest absolute Gasteiger partial charge is 0.252 e. The third-order valence-corrected chi connectivity index (χ3v) is 2.89. The molecule has 0 aliphatic rings. The Morgan fingerprint density at radius 3 is 2.11 bits per heavy atom. The molecule has 0 spiro atoms. The van der Waals surface area contributed by atoms with Gasteiger partial charge in [0.1, 0.15) is 9.52 Å². The van der Waals surface area contributed by atoms with E-state index < -0.39 is 21.2 Å². The van der Waals surface area contributed by atoms with Crippen LogP contribution in [-0.2, 0) is 0 Å². The molecule has 0 aliphatic carbocycles. The summed E-state index contributed by atoms with van der Waals surface area (Å²) in [6.45, 7) is 2.59. The van der Waals surface area contributed by atoms with Gasteiger partial charge in [0, 0.05) is 0 Å². The van der Waals surface area contributed by atoms with Crippen LogP contribution < -0.4 is 0 Å². The lowest BCUT2D eigenvalue weighted by Crippen LogP contribution is -2.33. The van der Waals surface area contributed by atoms with Gasteiger partial charge in [-0.15, -0.1) is 0 Å². The number of halogens is 3. The first-order valence-corrected chi connectivity index (χ1v) is 4.73. The standard InChI is InChI=1S/C5H11F3Si/c1-3-9-5(7,8)4(2)6/h4H,3,9H2,1-2H3. The van der Waals surface area contributed by atoms with Crippen LogP contribution in [0.5, 0.6) is 0 Å². The maximum absolute atomic E-state index is 12.2. The Labute approximate surface area is 55.3 Å². The highest BCUT2D eigenvalue weighted by molar-refractivity contribution is 6.38. The van der Waals surface area contributed by atoms with E-state index >= 15 is 0 Å². The molecule has 0 aromatic rings. The van der Waals surface area contributed by atoms with Crippen molar-refractivity contribution in [3.63, 3.8) is 0 Å². The van der Waals surface area contributed by atoms with Crippen LogP contribution in [0.15, 0.2) is 0 Å². The predicted molar refractivity (Wildman–Crippen MR) is 34.5 cm³/mol. The first-order valence-electron chi connectivity index (χ1n) is 3.02. The molecule has 1 atom stereocenters. The van der Waals surface area contributed by atoms with Crippen LogP contribution in [0.3, 0.4) is 0 Å². The van der Waals surface area contributed by atoms with Gasteiger partial charge in [0.05, 0.1) is 0 Å². The maximum atomic E-state index is 12.2. The zero-order valence-corrected chi connectivity index (χ0v) is 7.04. The minimum absolute atomic E-state index is 0.460. The van der Waals surface area contributed by atoms with Gasteiger partial charge in [-0.2, -0.15) is 0 Å². The van der Waals surface area contributed by atoms with Gasteiger partial charge in [-0.3, -0.25) is 0 Å². The van der Waals surface area contributed by atoms with Gasteiger partial charge < -0.3 is 0 Å². The van der Waals surface area contributed by atoms with Crippen molar-refractivity contribution < 1.29 is 13.2 Å². The van der Waals surface area contributed by atoms with Crippen molar-refractivity contribution in [3.05, 3.63) is 0 Å². The van der Waals surface area contributed by atoms with Gasteiger partial charge >= 0.3 is 0 Å². The zero-order chi connectivity index (χ0) is 7.49. The van der Waals surface area contributed by atoms with E-state index in [2.05, 4.69) is 0 Å². The highest BCUT2D eigenvalue weighted by Gasteiger charge is 2.35. The Hall–Kier alpha value is 0.00688. The molecule has 0 radical (unpaired) electrons. The van der Waals surface area contributed by atoms with Crippen LogP contribution in [-0.4, -0.2) is 21.2 Å². The van der Waals surface area contributed by atoms with E-state index in [0.717, 1.165) is 6.92 Å². The maximum Gasteiger partial charge on any atom is 0.252 e. The molecule has 0 fully saturated rings. The van der Waals surface area contributed by atoms with Gasteiger partial charge in [-0.1, -0.05) is 13.0 Å². The molecule has 4 heteroatoms. The molecule has 1 unspecified atom stereocenters. The Balaban J connectivity index is 3.70. The van der Waals surface area contributed by atoms with E-state index in [-0.39, 0.29) is 0 Å². The molecule has 0 N–H and O–H groups in total. The van der Waals surface area contributed by atoms with Gasteiger partial charge in [-0.05, 0) is 6.92 Å². The first kappa shape index (κ1) is 9.01. The molecule has 0 aromatic carbocycles. The number of alkyl halides is 3. The summed E-state index contributed by atoms with van der Waals surface area (Å²) in [4.78, 5) is 0. The van der Waals surface area contributed by atoms with E-state index in [0.29, 0.717) is 6.04 Å². The smallest absolute Gasteiger partial charge is 0.242 e. The second kappa shape index (κ2) is 3.24. The Bertz CT molecular complexity index is 82.3. The second-order valence-electron chi connectivity index (χ2n) is 2.13. The molecule has 0 aromatic heterocycles. The Morgan fingerprint density at radius 2 is 2.00 bits per heavy atom. The summed E-state index contributed by atoms with van der Waals surface area (Å²) in [6.07, 6.45) is -1.95. The van der Waals surface area contributed by atoms with E-state index in [1.807, 2.05) is 0 Å². The van der Waals surface area contributed by atoms with Gasteiger partial charge in [-0.25, -0.2) is 13.2 Å². The lowest BCUT2D eigenvalue weighted by molar-refractivity contribution is 0.0114. The van der Waals surface area contributed by atoms with Crippen molar-refractivity contribution in [2.75, 3.05) is 0 Å². The third-order valence-electron chi connectivity index (χ3n) is 1.17. The van der Waals surface area contributed by atoms with Gasteiger partial charge in [0.15, 0.2) is 6.17 Å². The SMILES string of the molecule is CC[SiH2]C(F)(F)C(C)F. The van der Waals surface area contributed by atoms with Crippen molar-refractivity contribution in [2.24, 2.45) is 0 Å². The molecule has 0 amide bonds. The first-order chi connectivity index (χ1) is 4.00. The van der Waals surface area contributed by atoms with Crippen molar-refractivity contribution in [2.45, 2.75) is 31.6 Å². The quantitative estimate of drug-likeness (QED) is 0.544. The van der Waals surface area contributed by atoms with Gasteiger partial charge in [0.25, 0.3) is 5.55 Å². The van der Waals surface area contributed by atoms with E-state index in [9.17, 15) is 13.2 Å².